The number of nitrogens with one attached hydrogen (secondary N) is 1. The Morgan fingerprint density at radius 3 is 2.73 bits per heavy atom. The first-order chi connectivity index (χ1) is 6.96. The topological polar surface area (TPSA) is 80.5 Å². The van der Waals surface area contributed by atoms with Gasteiger partial charge in [0, 0.05) is 4.75 Å². The summed E-state index contributed by atoms with van der Waals surface area (Å²) < 4.78 is 0.0822. The molecule has 0 saturated carbocycles. The summed E-state index contributed by atoms with van der Waals surface area (Å²) in [5.41, 5.74) is 7.08. The number of nitrogens with zero attached hydrogens (tertiary/aromatic N) is 3. The Morgan fingerprint density at radius 2 is 2.07 bits per heavy atom. The van der Waals surface area contributed by atoms with Gasteiger partial charge in [-0.1, -0.05) is 32.5 Å². The van der Waals surface area contributed by atoms with Gasteiger partial charge in [-0.05, 0) is 0 Å². The first-order valence-electron chi connectivity index (χ1n) is 4.61. The smallest absolute Gasteiger partial charge is 0.223 e. The van der Waals surface area contributed by atoms with E-state index in [1.165, 1.54) is 0 Å². The van der Waals surface area contributed by atoms with Crippen molar-refractivity contribution in [3.63, 3.8) is 0 Å². The van der Waals surface area contributed by atoms with Gasteiger partial charge in [-0.25, -0.2) is 9.97 Å². The van der Waals surface area contributed by atoms with E-state index in [1.54, 1.807) is 18.1 Å². The third kappa shape index (κ3) is 2.20. The second kappa shape index (κ2) is 3.37. The van der Waals surface area contributed by atoms with Crippen LogP contribution in [0.2, 0.25) is 0 Å². The van der Waals surface area contributed by atoms with Crippen molar-refractivity contribution in [3.8, 4) is 0 Å². The van der Waals surface area contributed by atoms with E-state index in [0.717, 1.165) is 10.5 Å². The average molecular weight is 223 g/mol. The van der Waals surface area contributed by atoms with Gasteiger partial charge in [0.25, 0.3) is 0 Å². The lowest BCUT2D eigenvalue weighted by Crippen LogP contribution is -2.08. The van der Waals surface area contributed by atoms with Gasteiger partial charge in [0.1, 0.15) is 10.5 Å². The molecule has 0 radical (unpaired) electrons. The van der Waals surface area contributed by atoms with Gasteiger partial charge in [0.2, 0.25) is 5.95 Å². The van der Waals surface area contributed by atoms with E-state index in [2.05, 4.69) is 40.7 Å². The highest BCUT2D eigenvalue weighted by Gasteiger charge is 2.17. The van der Waals surface area contributed by atoms with Crippen molar-refractivity contribution in [2.45, 2.75) is 30.5 Å². The first-order valence-corrected chi connectivity index (χ1v) is 5.43. The molecule has 0 aliphatic heterocycles. The molecule has 0 aliphatic rings. The molecule has 0 atom stereocenters. The van der Waals surface area contributed by atoms with E-state index in [0.29, 0.717) is 5.65 Å². The molecule has 0 unspecified atom stereocenters. The molecule has 80 valence electrons. The normalized spacial score (nSPS) is 12.2. The van der Waals surface area contributed by atoms with Gasteiger partial charge in [0.15, 0.2) is 5.65 Å². The van der Waals surface area contributed by atoms with Gasteiger partial charge in [-0.3, -0.25) is 0 Å². The highest BCUT2D eigenvalue weighted by atomic mass is 32.2. The number of fused-ring (bicyclic) bond motifs is 1. The molecule has 0 amide bonds. The summed E-state index contributed by atoms with van der Waals surface area (Å²) in [6.45, 7) is 6.37. The molecule has 0 saturated heterocycles. The van der Waals surface area contributed by atoms with E-state index in [-0.39, 0.29) is 10.7 Å². The average Bonchev–Trinajstić information content (AvgIpc) is 2.48. The molecule has 0 bridgehead atoms. The maximum absolute atomic E-state index is 5.61. The van der Waals surface area contributed by atoms with Gasteiger partial charge < -0.3 is 10.7 Å². The van der Waals surface area contributed by atoms with Crippen LogP contribution in [-0.2, 0) is 0 Å². The molecule has 0 spiro atoms. The molecule has 6 heteroatoms. The zero-order valence-corrected chi connectivity index (χ0v) is 9.72. The predicted octanol–water partition coefficient (Wildman–Crippen LogP) is 1.83. The minimum Gasteiger partial charge on any atom is -0.368 e. The Kier molecular flexibility index (Phi) is 2.30. The maximum Gasteiger partial charge on any atom is 0.223 e. The minimum absolute atomic E-state index is 0.0822. The Labute approximate surface area is 91.9 Å². The third-order valence-electron chi connectivity index (χ3n) is 1.67. The highest BCUT2D eigenvalue weighted by Crippen LogP contribution is 2.33. The van der Waals surface area contributed by atoms with Crippen molar-refractivity contribution in [2.75, 3.05) is 5.73 Å². The number of nitrogens with two attached hydrogens (primary N) is 1. The molecule has 2 heterocycles. The van der Waals surface area contributed by atoms with Crippen molar-refractivity contribution >= 4 is 28.9 Å². The number of thioether (sulfide) groups is 1. The Balaban J connectivity index is 2.53. The molecular formula is C9H13N5S. The van der Waals surface area contributed by atoms with Crippen LogP contribution in [-0.4, -0.2) is 24.7 Å². The molecule has 3 N–H and O–H groups in total. The van der Waals surface area contributed by atoms with Crippen molar-refractivity contribution in [3.05, 3.63) is 6.33 Å². The summed E-state index contributed by atoms with van der Waals surface area (Å²) in [5, 5.41) is 0.850. The fraction of sp³-hybridized carbons (Fsp3) is 0.444. The molecule has 2 aromatic heterocycles. The fourth-order valence-electron chi connectivity index (χ4n) is 1.19. The summed E-state index contributed by atoms with van der Waals surface area (Å²) >= 11 is 1.65. The quantitative estimate of drug-likeness (QED) is 0.569. The molecule has 0 aromatic carbocycles. The predicted molar refractivity (Wildman–Crippen MR) is 61.7 cm³/mol. The zero-order valence-electron chi connectivity index (χ0n) is 8.90. The number of H-pyrrole nitrogens is 1. The van der Waals surface area contributed by atoms with Crippen molar-refractivity contribution in [1.82, 2.24) is 19.9 Å². The summed E-state index contributed by atoms with van der Waals surface area (Å²) in [4.78, 5) is 15.4. The van der Waals surface area contributed by atoms with Crippen LogP contribution in [0.5, 0.6) is 0 Å². The van der Waals surface area contributed by atoms with E-state index < -0.39 is 0 Å². The Bertz CT molecular complexity index is 485. The number of anilines is 1. The second-order valence-corrected chi connectivity index (χ2v) is 6.02. The van der Waals surface area contributed by atoms with Gasteiger partial charge in [-0.2, -0.15) is 4.98 Å². The van der Waals surface area contributed by atoms with Crippen LogP contribution in [0, 0.1) is 0 Å². The maximum atomic E-state index is 5.61. The minimum atomic E-state index is 0.0822. The molecular weight excluding hydrogens is 210 g/mol. The van der Waals surface area contributed by atoms with Crippen LogP contribution in [0.3, 0.4) is 0 Å². The van der Waals surface area contributed by atoms with Gasteiger partial charge in [0.05, 0.1) is 6.33 Å². The van der Waals surface area contributed by atoms with E-state index >= 15 is 0 Å². The van der Waals surface area contributed by atoms with Gasteiger partial charge in [-0.15, -0.1) is 0 Å². The van der Waals surface area contributed by atoms with Crippen LogP contribution in [0.25, 0.3) is 11.2 Å². The molecule has 0 fully saturated rings. The van der Waals surface area contributed by atoms with Crippen molar-refractivity contribution in [2.24, 2.45) is 0 Å². The number of aromatic amines is 1. The summed E-state index contributed by atoms with van der Waals surface area (Å²) in [6, 6.07) is 0. The standard InChI is InChI=1S/C9H13N5S/c1-9(2,3)15-7-5-6(12-4-11-5)13-8(10)14-7/h4H,1-3H3,(H3,10,11,12,13,14). The third-order valence-corrected chi connectivity index (χ3v) is 2.77. The number of imidazole rings is 1. The van der Waals surface area contributed by atoms with E-state index in [9.17, 15) is 0 Å². The van der Waals surface area contributed by atoms with E-state index in [4.69, 9.17) is 5.73 Å². The summed E-state index contributed by atoms with van der Waals surface area (Å²) in [5.74, 6) is 0.265. The monoisotopic (exact) mass is 223 g/mol. The lowest BCUT2D eigenvalue weighted by Gasteiger charge is -2.16. The van der Waals surface area contributed by atoms with Crippen molar-refractivity contribution < 1.29 is 0 Å². The molecule has 2 aromatic rings. The molecule has 5 nitrogen and oxygen atoms in total. The summed E-state index contributed by atoms with van der Waals surface area (Å²) in [7, 11) is 0. The molecule has 15 heavy (non-hydrogen) atoms. The second-order valence-electron chi connectivity index (χ2n) is 4.20. The Morgan fingerprint density at radius 1 is 1.33 bits per heavy atom. The number of hydrogen-bond donors (Lipinski definition) is 2. The Hall–Kier alpha value is -1.30. The van der Waals surface area contributed by atoms with E-state index in [1.807, 2.05) is 0 Å². The largest absolute Gasteiger partial charge is 0.368 e. The lowest BCUT2D eigenvalue weighted by atomic mass is 10.3. The van der Waals surface area contributed by atoms with Crippen LogP contribution in [0.1, 0.15) is 20.8 Å². The van der Waals surface area contributed by atoms with Crippen molar-refractivity contribution in [1.29, 1.82) is 0 Å². The first kappa shape index (κ1) is 10.2. The highest BCUT2D eigenvalue weighted by molar-refractivity contribution is 8.00. The van der Waals surface area contributed by atoms with Crippen LogP contribution in [0.4, 0.5) is 5.95 Å². The lowest BCUT2D eigenvalue weighted by molar-refractivity contribution is 0.800. The van der Waals surface area contributed by atoms with Gasteiger partial charge >= 0.3 is 0 Å². The van der Waals surface area contributed by atoms with Crippen LogP contribution >= 0.6 is 11.8 Å². The number of rotatable bonds is 1. The number of aromatic nitrogens is 4. The molecule has 2 rings (SSSR count). The zero-order chi connectivity index (χ0) is 11.1. The number of nitrogen functional groups attached to an aromatic ring is 1. The van der Waals surface area contributed by atoms with Crippen LogP contribution in [0.15, 0.2) is 11.4 Å². The fourth-order valence-corrected chi connectivity index (χ4v) is 2.16. The SMILES string of the molecule is CC(C)(C)Sc1nc(N)nc2nc[nH]c12. The summed E-state index contributed by atoms with van der Waals surface area (Å²) in [6.07, 6.45) is 1.60. The van der Waals surface area contributed by atoms with Crippen LogP contribution < -0.4 is 5.73 Å². The number of hydrogen-bond acceptors (Lipinski definition) is 5. The molecule has 0 aliphatic carbocycles.